The number of H-pyrrole nitrogens is 1. The molecule has 0 saturated heterocycles. The molecule has 0 aliphatic rings. The zero-order valence-electron chi connectivity index (χ0n) is 9.76. The van der Waals surface area contributed by atoms with Crippen LogP contribution < -0.4 is 5.56 Å². The van der Waals surface area contributed by atoms with Gasteiger partial charge in [0.05, 0.1) is 16.6 Å². The van der Waals surface area contributed by atoms with E-state index in [1.54, 1.807) is 18.2 Å². The largest absolute Gasteiger partial charge is 0.331 e. The van der Waals surface area contributed by atoms with Crippen LogP contribution in [0.2, 0.25) is 5.02 Å². The summed E-state index contributed by atoms with van der Waals surface area (Å²) in [5, 5.41) is 1.04. The number of aromatic amines is 1. The van der Waals surface area contributed by atoms with Crippen LogP contribution in [0, 0.1) is 4.77 Å². The highest BCUT2D eigenvalue weighted by atomic mass is 35.5. The van der Waals surface area contributed by atoms with Crippen molar-refractivity contribution in [2.45, 2.75) is 0 Å². The molecule has 19 heavy (non-hydrogen) atoms. The monoisotopic (exact) mass is 288 g/mol. The third kappa shape index (κ3) is 2.09. The van der Waals surface area contributed by atoms with Gasteiger partial charge in [0.25, 0.3) is 5.56 Å². The molecule has 0 aliphatic carbocycles. The summed E-state index contributed by atoms with van der Waals surface area (Å²) in [7, 11) is 0. The van der Waals surface area contributed by atoms with Gasteiger partial charge in [-0.2, -0.15) is 0 Å². The van der Waals surface area contributed by atoms with Crippen LogP contribution in [0.5, 0.6) is 0 Å². The van der Waals surface area contributed by atoms with Gasteiger partial charge in [0, 0.05) is 5.02 Å². The normalized spacial score (nSPS) is 10.8. The molecule has 2 aromatic carbocycles. The molecule has 3 rings (SSSR count). The van der Waals surface area contributed by atoms with Crippen LogP contribution in [0.3, 0.4) is 0 Å². The van der Waals surface area contributed by atoms with E-state index in [4.69, 9.17) is 23.8 Å². The SMILES string of the molecule is O=c1c2cc(Cl)ccc2[nH]c(=S)n1-c1ccccc1. The molecule has 1 N–H and O–H groups in total. The summed E-state index contributed by atoms with van der Waals surface area (Å²) in [6.07, 6.45) is 0. The summed E-state index contributed by atoms with van der Waals surface area (Å²) < 4.78 is 1.83. The van der Waals surface area contributed by atoms with Crippen molar-refractivity contribution in [2.75, 3.05) is 0 Å². The van der Waals surface area contributed by atoms with Gasteiger partial charge in [0.15, 0.2) is 4.77 Å². The maximum atomic E-state index is 12.5. The molecule has 94 valence electrons. The lowest BCUT2D eigenvalue weighted by molar-refractivity contribution is 0.940. The fourth-order valence-corrected chi connectivity index (χ4v) is 2.47. The molecule has 1 aromatic heterocycles. The molecule has 0 radical (unpaired) electrons. The molecule has 0 aliphatic heterocycles. The van der Waals surface area contributed by atoms with Gasteiger partial charge in [-0.25, -0.2) is 0 Å². The number of para-hydroxylation sites is 1. The molecular weight excluding hydrogens is 280 g/mol. The Labute approximate surface area is 119 Å². The van der Waals surface area contributed by atoms with Crippen molar-refractivity contribution < 1.29 is 0 Å². The van der Waals surface area contributed by atoms with E-state index in [2.05, 4.69) is 4.98 Å². The van der Waals surface area contributed by atoms with E-state index in [0.29, 0.717) is 20.7 Å². The van der Waals surface area contributed by atoms with Gasteiger partial charge in [-0.1, -0.05) is 29.8 Å². The summed E-state index contributed by atoms with van der Waals surface area (Å²) in [6.45, 7) is 0. The Bertz CT molecular complexity index is 868. The highest BCUT2D eigenvalue weighted by Gasteiger charge is 2.07. The lowest BCUT2D eigenvalue weighted by atomic mass is 10.2. The van der Waals surface area contributed by atoms with Gasteiger partial charge in [0.2, 0.25) is 0 Å². The summed E-state index contributed by atoms with van der Waals surface area (Å²) >= 11 is 11.2. The first-order valence-electron chi connectivity index (χ1n) is 5.67. The lowest BCUT2D eigenvalue weighted by Gasteiger charge is -2.08. The van der Waals surface area contributed by atoms with Crippen LogP contribution in [-0.4, -0.2) is 9.55 Å². The van der Waals surface area contributed by atoms with E-state index in [1.807, 2.05) is 30.3 Å². The Kier molecular flexibility index (Phi) is 2.97. The first-order chi connectivity index (χ1) is 9.16. The third-order valence-electron chi connectivity index (χ3n) is 2.87. The van der Waals surface area contributed by atoms with E-state index in [-0.39, 0.29) is 5.56 Å². The number of fused-ring (bicyclic) bond motifs is 1. The van der Waals surface area contributed by atoms with Crippen LogP contribution in [0.1, 0.15) is 0 Å². The van der Waals surface area contributed by atoms with Crippen molar-refractivity contribution in [3.05, 3.63) is 68.7 Å². The predicted octanol–water partition coefficient (Wildman–Crippen LogP) is 3.70. The maximum absolute atomic E-state index is 12.5. The third-order valence-corrected chi connectivity index (χ3v) is 3.39. The Balaban J connectivity index is 2.44. The van der Waals surface area contributed by atoms with Crippen molar-refractivity contribution in [3.63, 3.8) is 0 Å². The van der Waals surface area contributed by atoms with Crippen LogP contribution in [0.4, 0.5) is 0 Å². The van der Waals surface area contributed by atoms with Crippen molar-refractivity contribution in [2.24, 2.45) is 0 Å². The minimum atomic E-state index is -0.174. The maximum Gasteiger partial charge on any atom is 0.266 e. The fraction of sp³-hybridized carbons (Fsp3) is 0. The zero-order chi connectivity index (χ0) is 13.4. The van der Waals surface area contributed by atoms with E-state index in [0.717, 1.165) is 5.69 Å². The van der Waals surface area contributed by atoms with E-state index < -0.39 is 0 Å². The van der Waals surface area contributed by atoms with Crippen LogP contribution >= 0.6 is 23.8 Å². The minimum Gasteiger partial charge on any atom is -0.331 e. The molecule has 0 saturated carbocycles. The molecule has 0 amide bonds. The fourth-order valence-electron chi connectivity index (χ4n) is 2.00. The van der Waals surface area contributed by atoms with Gasteiger partial charge >= 0.3 is 0 Å². The molecule has 1 heterocycles. The molecule has 5 heteroatoms. The minimum absolute atomic E-state index is 0.174. The van der Waals surface area contributed by atoms with Crippen LogP contribution in [-0.2, 0) is 0 Å². The number of benzene rings is 2. The Morgan fingerprint density at radius 1 is 1.11 bits per heavy atom. The number of aromatic nitrogens is 2. The average molecular weight is 289 g/mol. The van der Waals surface area contributed by atoms with Crippen molar-refractivity contribution in [3.8, 4) is 5.69 Å². The summed E-state index contributed by atoms with van der Waals surface area (Å²) in [6, 6.07) is 14.4. The quantitative estimate of drug-likeness (QED) is 0.693. The standard InChI is InChI=1S/C14H9ClN2OS/c15-9-6-7-12-11(8-9)13(18)17(14(19)16-12)10-4-2-1-3-5-10/h1-8H,(H,16,19). The van der Waals surface area contributed by atoms with E-state index in [1.165, 1.54) is 4.57 Å². The number of halogens is 1. The molecule has 0 unspecified atom stereocenters. The van der Waals surface area contributed by atoms with Crippen LogP contribution in [0.25, 0.3) is 16.6 Å². The molecule has 3 nitrogen and oxygen atoms in total. The van der Waals surface area contributed by atoms with Crippen molar-refractivity contribution in [1.29, 1.82) is 0 Å². The number of nitrogens with one attached hydrogen (secondary N) is 1. The molecule has 0 bridgehead atoms. The van der Waals surface area contributed by atoms with Crippen molar-refractivity contribution in [1.82, 2.24) is 9.55 Å². The van der Waals surface area contributed by atoms with E-state index in [9.17, 15) is 4.79 Å². The topological polar surface area (TPSA) is 37.8 Å². The highest BCUT2D eigenvalue weighted by molar-refractivity contribution is 7.71. The number of hydrogen-bond acceptors (Lipinski definition) is 2. The molecular formula is C14H9ClN2OS. The Hall–Kier alpha value is -1.91. The molecule has 3 aromatic rings. The van der Waals surface area contributed by atoms with Crippen LogP contribution in [0.15, 0.2) is 53.3 Å². The molecule has 0 spiro atoms. The van der Waals surface area contributed by atoms with E-state index >= 15 is 0 Å². The molecule has 0 atom stereocenters. The van der Waals surface area contributed by atoms with Crippen molar-refractivity contribution >= 4 is 34.7 Å². The molecule has 0 fully saturated rings. The number of hydrogen-bond donors (Lipinski definition) is 1. The first kappa shape index (κ1) is 12.1. The summed E-state index contributed by atoms with van der Waals surface area (Å²) in [4.78, 5) is 15.6. The van der Waals surface area contributed by atoms with Gasteiger partial charge in [0.1, 0.15) is 0 Å². The Morgan fingerprint density at radius 3 is 2.58 bits per heavy atom. The predicted molar refractivity (Wildman–Crippen MR) is 79.7 cm³/mol. The summed E-state index contributed by atoms with van der Waals surface area (Å²) in [5.74, 6) is 0. The average Bonchev–Trinajstić information content (AvgIpc) is 2.41. The zero-order valence-corrected chi connectivity index (χ0v) is 11.3. The lowest BCUT2D eigenvalue weighted by Crippen LogP contribution is -2.20. The first-order valence-corrected chi connectivity index (χ1v) is 6.45. The Morgan fingerprint density at radius 2 is 1.84 bits per heavy atom. The number of rotatable bonds is 1. The second-order valence-corrected chi connectivity index (χ2v) is 4.92. The number of nitrogens with zero attached hydrogens (tertiary/aromatic N) is 1. The second kappa shape index (κ2) is 4.64. The van der Waals surface area contributed by atoms with Gasteiger partial charge in [-0.05, 0) is 42.5 Å². The van der Waals surface area contributed by atoms with Gasteiger partial charge < -0.3 is 4.98 Å². The summed E-state index contributed by atoms with van der Waals surface area (Å²) in [5.41, 5.74) is 1.25. The second-order valence-electron chi connectivity index (χ2n) is 4.10. The van der Waals surface area contributed by atoms with Gasteiger partial charge in [-0.3, -0.25) is 9.36 Å². The highest BCUT2D eigenvalue weighted by Crippen LogP contribution is 2.15. The smallest absolute Gasteiger partial charge is 0.266 e. The van der Waals surface area contributed by atoms with Gasteiger partial charge in [-0.15, -0.1) is 0 Å².